The molecule has 0 amide bonds. The Morgan fingerprint density at radius 1 is 0.897 bits per heavy atom. The molecule has 0 saturated carbocycles. The van der Waals surface area contributed by atoms with Gasteiger partial charge in [0, 0.05) is 18.2 Å². The SMILES string of the molecule is COc1ccc(C(O[C@H]2[C@H](C)[C@@H]([C@@H](C)O)O[C@H]2n2ccc(=O)[nH]c2=O)(c2ccccc2)c2ccccc2)cc1. The molecule has 1 saturated heterocycles. The third-order valence-corrected chi connectivity index (χ3v) is 7.38. The lowest BCUT2D eigenvalue weighted by molar-refractivity contribution is -0.119. The third kappa shape index (κ3) is 4.94. The molecular formula is C31H32N2O6. The molecule has 1 aliphatic heterocycles. The van der Waals surface area contributed by atoms with Crippen molar-refractivity contribution in [1.82, 2.24) is 9.55 Å². The third-order valence-electron chi connectivity index (χ3n) is 7.38. The average Bonchev–Trinajstić information content (AvgIpc) is 3.28. The largest absolute Gasteiger partial charge is 0.497 e. The number of nitrogens with zero attached hydrogens (tertiary/aromatic N) is 1. The second-order valence-corrected chi connectivity index (χ2v) is 9.83. The first-order valence-electron chi connectivity index (χ1n) is 12.9. The Balaban J connectivity index is 1.74. The minimum absolute atomic E-state index is 0.320. The van der Waals surface area contributed by atoms with E-state index in [1.165, 1.54) is 16.8 Å². The Hall–Kier alpha value is -3.98. The molecule has 8 heteroatoms. The van der Waals surface area contributed by atoms with E-state index < -0.39 is 41.4 Å². The molecule has 3 aromatic carbocycles. The van der Waals surface area contributed by atoms with Crippen LogP contribution < -0.4 is 16.0 Å². The minimum Gasteiger partial charge on any atom is -0.497 e. The summed E-state index contributed by atoms with van der Waals surface area (Å²) in [6.07, 6.45) is -1.64. The van der Waals surface area contributed by atoms with Crippen LogP contribution in [0.2, 0.25) is 0 Å². The summed E-state index contributed by atoms with van der Waals surface area (Å²) in [5.41, 5.74) is 0.362. The summed E-state index contributed by atoms with van der Waals surface area (Å²) in [5, 5.41) is 10.6. The van der Waals surface area contributed by atoms with Crippen LogP contribution in [0, 0.1) is 5.92 Å². The summed E-state index contributed by atoms with van der Waals surface area (Å²) < 4.78 is 20.3. The molecule has 1 aromatic heterocycles. The Kier molecular flexibility index (Phi) is 7.52. The molecule has 0 unspecified atom stereocenters. The summed E-state index contributed by atoms with van der Waals surface area (Å²) in [6.45, 7) is 3.59. The number of rotatable bonds is 8. The van der Waals surface area contributed by atoms with Crippen molar-refractivity contribution in [3.05, 3.63) is 135 Å². The van der Waals surface area contributed by atoms with E-state index >= 15 is 0 Å². The predicted molar refractivity (Wildman–Crippen MR) is 147 cm³/mol. The maximum absolute atomic E-state index is 12.9. The highest BCUT2D eigenvalue weighted by Gasteiger charge is 2.51. The molecule has 39 heavy (non-hydrogen) atoms. The summed E-state index contributed by atoms with van der Waals surface area (Å²) in [4.78, 5) is 27.0. The lowest BCUT2D eigenvalue weighted by Crippen LogP contribution is -2.43. The van der Waals surface area contributed by atoms with Crippen molar-refractivity contribution in [3.63, 3.8) is 0 Å². The number of aromatic amines is 1. The molecule has 4 aromatic rings. The van der Waals surface area contributed by atoms with E-state index in [9.17, 15) is 14.7 Å². The van der Waals surface area contributed by atoms with Crippen molar-refractivity contribution in [2.24, 2.45) is 5.92 Å². The highest BCUT2D eigenvalue weighted by molar-refractivity contribution is 5.48. The molecule has 5 atom stereocenters. The van der Waals surface area contributed by atoms with Gasteiger partial charge in [-0.2, -0.15) is 0 Å². The molecule has 2 N–H and O–H groups in total. The molecular weight excluding hydrogens is 496 g/mol. The van der Waals surface area contributed by atoms with Gasteiger partial charge < -0.3 is 19.3 Å². The van der Waals surface area contributed by atoms with Gasteiger partial charge in [0.25, 0.3) is 5.56 Å². The van der Waals surface area contributed by atoms with Crippen molar-refractivity contribution < 1.29 is 19.3 Å². The van der Waals surface area contributed by atoms with E-state index in [-0.39, 0.29) is 5.92 Å². The van der Waals surface area contributed by atoms with Gasteiger partial charge >= 0.3 is 5.69 Å². The van der Waals surface area contributed by atoms with E-state index in [1.807, 2.05) is 91.9 Å². The van der Waals surface area contributed by atoms with Crippen molar-refractivity contribution in [2.45, 2.75) is 44.0 Å². The summed E-state index contributed by atoms with van der Waals surface area (Å²) in [5.74, 6) is 0.386. The van der Waals surface area contributed by atoms with Gasteiger partial charge in [-0.1, -0.05) is 79.7 Å². The number of benzene rings is 3. The number of aromatic nitrogens is 2. The fourth-order valence-electron chi connectivity index (χ4n) is 5.46. The van der Waals surface area contributed by atoms with Gasteiger partial charge in [0.05, 0.1) is 19.3 Å². The number of aliphatic hydroxyl groups excluding tert-OH is 1. The first kappa shape index (κ1) is 26.6. The highest BCUT2D eigenvalue weighted by Crippen LogP contribution is 2.47. The van der Waals surface area contributed by atoms with Crippen LogP contribution in [0.1, 0.15) is 36.8 Å². The van der Waals surface area contributed by atoms with Crippen LogP contribution in [0.5, 0.6) is 5.75 Å². The van der Waals surface area contributed by atoms with Gasteiger partial charge in [0.1, 0.15) is 17.5 Å². The van der Waals surface area contributed by atoms with E-state index in [2.05, 4.69) is 4.98 Å². The zero-order valence-corrected chi connectivity index (χ0v) is 22.1. The molecule has 0 radical (unpaired) electrons. The lowest BCUT2D eigenvalue weighted by atomic mass is 9.79. The second-order valence-electron chi connectivity index (χ2n) is 9.83. The van der Waals surface area contributed by atoms with E-state index in [0.717, 1.165) is 16.7 Å². The highest BCUT2D eigenvalue weighted by atomic mass is 16.6. The van der Waals surface area contributed by atoms with Crippen molar-refractivity contribution >= 4 is 0 Å². The molecule has 0 aliphatic carbocycles. The number of nitrogens with one attached hydrogen (secondary N) is 1. The average molecular weight is 529 g/mol. The number of H-pyrrole nitrogens is 1. The van der Waals surface area contributed by atoms with Crippen molar-refractivity contribution in [3.8, 4) is 5.75 Å². The summed E-state index contributed by atoms with van der Waals surface area (Å²) in [6, 6.07) is 28.7. The maximum Gasteiger partial charge on any atom is 0.330 e. The quantitative estimate of drug-likeness (QED) is 0.337. The van der Waals surface area contributed by atoms with Crippen LogP contribution in [0.15, 0.2) is 107 Å². The maximum atomic E-state index is 12.9. The number of methoxy groups -OCH3 is 1. The van der Waals surface area contributed by atoms with E-state index in [0.29, 0.717) is 5.75 Å². The molecule has 2 heterocycles. The molecule has 5 rings (SSSR count). The Bertz CT molecular complexity index is 1460. The Morgan fingerprint density at radius 2 is 1.46 bits per heavy atom. The zero-order chi connectivity index (χ0) is 27.6. The summed E-state index contributed by atoms with van der Waals surface area (Å²) >= 11 is 0. The van der Waals surface area contributed by atoms with Crippen LogP contribution in [0.25, 0.3) is 0 Å². The predicted octanol–water partition coefficient (Wildman–Crippen LogP) is 3.84. The molecule has 0 spiro atoms. The van der Waals surface area contributed by atoms with Crippen LogP contribution in [-0.2, 0) is 15.1 Å². The Labute approximate surface area is 226 Å². The first-order valence-corrected chi connectivity index (χ1v) is 12.9. The van der Waals surface area contributed by atoms with Crippen LogP contribution in [0.3, 0.4) is 0 Å². The monoisotopic (exact) mass is 528 g/mol. The molecule has 8 nitrogen and oxygen atoms in total. The van der Waals surface area contributed by atoms with Gasteiger partial charge in [-0.3, -0.25) is 14.3 Å². The number of ether oxygens (including phenoxy) is 3. The normalized spacial score (nSPS) is 21.9. The number of hydrogen-bond donors (Lipinski definition) is 2. The fourth-order valence-corrected chi connectivity index (χ4v) is 5.46. The minimum atomic E-state index is -1.12. The Morgan fingerprint density at radius 3 is 1.97 bits per heavy atom. The molecule has 0 bridgehead atoms. The van der Waals surface area contributed by atoms with Gasteiger partial charge in [-0.25, -0.2) is 4.79 Å². The zero-order valence-electron chi connectivity index (χ0n) is 22.1. The van der Waals surface area contributed by atoms with Gasteiger partial charge in [-0.05, 0) is 35.7 Å². The van der Waals surface area contributed by atoms with Crippen molar-refractivity contribution in [1.29, 1.82) is 0 Å². The second kappa shape index (κ2) is 11.0. The van der Waals surface area contributed by atoms with Gasteiger partial charge in [0.15, 0.2) is 6.23 Å². The standard InChI is InChI=1S/C31H32N2O6/c1-20-27(21(2)34)38-29(33-19-18-26(35)32-30(33)36)28(20)39-31(22-10-6-4-7-11-22,23-12-8-5-9-13-23)24-14-16-25(37-3)17-15-24/h4-21,27-29,34H,1-3H3,(H,32,35,36)/t20-,21-,27+,28+,29-/m1/s1. The first-order chi connectivity index (χ1) is 18.8. The van der Waals surface area contributed by atoms with Gasteiger partial charge in [-0.15, -0.1) is 0 Å². The van der Waals surface area contributed by atoms with Crippen LogP contribution >= 0.6 is 0 Å². The van der Waals surface area contributed by atoms with Crippen molar-refractivity contribution in [2.75, 3.05) is 7.11 Å². The van der Waals surface area contributed by atoms with Crippen LogP contribution in [0.4, 0.5) is 0 Å². The number of hydrogen-bond acceptors (Lipinski definition) is 6. The molecule has 1 fully saturated rings. The van der Waals surface area contributed by atoms with Crippen LogP contribution in [-0.4, -0.2) is 40.1 Å². The smallest absolute Gasteiger partial charge is 0.330 e. The topological polar surface area (TPSA) is 103 Å². The molecule has 1 aliphatic rings. The summed E-state index contributed by atoms with van der Waals surface area (Å²) in [7, 11) is 1.62. The molecule has 202 valence electrons. The number of aliphatic hydroxyl groups is 1. The van der Waals surface area contributed by atoms with Gasteiger partial charge in [0.2, 0.25) is 0 Å². The van der Waals surface area contributed by atoms with E-state index in [1.54, 1.807) is 14.0 Å². The fraction of sp³-hybridized carbons (Fsp3) is 0.290. The lowest BCUT2D eigenvalue weighted by Gasteiger charge is -2.40. The van der Waals surface area contributed by atoms with E-state index in [4.69, 9.17) is 14.2 Å².